The van der Waals surface area contributed by atoms with E-state index in [1.807, 2.05) is 4.90 Å². The van der Waals surface area contributed by atoms with E-state index < -0.39 is 11.7 Å². The third-order valence-electron chi connectivity index (χ3n) is 3.57. The summed E-state index contributed by atoms with van der Waals surface area (Å²) in [5, 5.41) is 2.61. The van der Waals surface area contributed by atoms with Gasteiger partial charge in [-0.1, -0.05) is 11.6 Å². The molecule has 0 unspecified atom stereocenters. The highest BCUT2D eigenvalue weighted by Crippen LogP contribution is 2.20. The minimum Gasteiger partial charge on any atom is -0.378 e. The molecule has 0 atom stereocenters. The Bertz CT molecular complexity index is 766. The van der Waals surface area contributed by atoms with Gasteiger partial charge in [-0.3, -0.25) is 4.79 Å². The molecule has 126 valence electrons. The maximum absolute atomic E-state index is 13.2. The molecule has 6 nitrogen and oxygen atoms in total. The molecule has 1 aliphatic rings. The van der Waals surface area contributed by atoms with Gasteiger partial charge in [0.05, 0.1) is 18.2 Å². The summed E-state index contributed by atoms with van der Waals surface area (Å²) < 4.78 is 18.5. The minimum absolute atomic E-state index is 0.0549. The summed E-state index contributed by atoms with van der Waals surface area (Å²) in [6, 6.07) is 5.63. The van der Waals surface area contributed by atoms with Crippen molar-refractivity contribution in [2.45, 2.75) is 6.92 Å². The van der Waals surface area contributed by atoms with Gasteiger partial charge in [-0.05, 0) is 25.1 Å². The average Bonchev–Trinajstić information content (AvgIpc) is 2.58. The second kappa shape index (κ2) is 7.11. The van der Waals surface area contributed by atoms with Crippen LogP contribution in [0.4, 0.5) is 15.9 Å². The van der Waals surface area contributed by atoms with Crippen molar-refractivity contribution < 1.29 is 13.9 Å². The number of amides is 1. The minimum atomic E-state index is -0.540. The number of carbonyl (C=O) groups excluding carboxylic acids is 1. The fourth-order valence-electron chi connectivity index (χ4n) is 2.39. The molecule has 1 N–H and O–H groups in total. The van der Waals surface area contributed by atoms with E-state index in [2.05, 4.69) is 15.3 Å². The smallest absolute Gasteiger partial charge is 0.274 e. The summed E-state index contributed by atoms with van der Waals surface area (Å²) >= 11 is 5.72. The molecular weight excluding hydrogens is 335 g/mol. The number of hydrogen-bond donors (Lipinski definition) is 1. The SMILES string of the molecule is Cc1nc(C(=O)Nc2ccc(F)c(Cl)c2)cc(N2CCOCC2)n1. The zero-order valence-corrected chi connectivity index (χ0v) is 13.8. The highest BCUT2D eigenvalue weighted by Gasteiger charge is 2.17. The molecule has 0 spiro atoms. The summed E-state index contributed by atoms with van der Waals surface area (Å²) in [6.07, 6.45) is 0. The van der Waals surface area contributed by atoms with E-state index >= 15 is 0 Å². The first-order valence-electron chi connectivity index (χ1n) is 7.48. The highest BCUT2D eigenvalue weighted by molar-refractivity contribution is 6.31. The van der Waals surface area contributed by atoms with Crippen LogP contribution in [-0.2, 0) is 4.74 Å². The number of hydrogen-bond acceptors (Lipinski definition) is 5. The molecule has 2 heterocycles. The van der Waals surface area contributed by atoms with E-state index in [1.54, 1.807) is 13.0 Å². The van der Waals surface area contributed by atoms with Crippen molar-refractivity contribution in [3.05, 3.63) is 46.6 Å². The van der Waals surface area contributed by atoms with Crippen LogP contribution in [0.15, 0.2) is 24.3 Å². The van der Waals surface area contributed by atoms with Crippen molar-refractivity contribution >= 4 is 29.0 Å². The van der Waals surface area contributed by atoms with Crippen LogP contribution >= 0.6 is 11.6 Å². The normalized spacial score (nSPS) is 14.5. The van der Waals surface area contributed by atoms with Gasteiger partial charge in [0.15, 0.2) is 0 Å². The molecule has 3 rings (SSSR count). The molecule has 1 aliphatic heterocycles. The van der Waals surface area contributed by atoms with Gasteiger partial charge in [0.25, 0.3) is 5.91 Å². The standard InChI is InChI=1S/C16H16ClFN4O2/c1-10-19-14(9-15(20-10)22-4-6-24-7-5-22)16(23)21-11-2-3-13(18)12(17)8-11/h2-3,8-9H,4-7H2,1H3,(H,21,23). The van der Waals surface area contributed by atoms with Crippen LogP contribution < -0.4 is 10.2 Å². The van der Waals surface area contributed by atoms with Crippen LogP contribution in [0.3, 0.4) is 0 Å². The van der Waals surface area contributed by atoms with Gasteiger partial charge in [-0.25, -0.2) is 14.4 Å². The molecule has 1 amide bonds. The topological polar surface area (TPSA) is 67.4 Å². The zero-order chi connectivity index (χ0) is 17.1. The fourth-order valence-corrected chi connectivity index (χ4v) is 2.57. The molecule has 0 aliphatic carbocycles. The molecule has 1 saturated heterocycles. The van der Waals surface area contributed by atoms with Crippen LogP contribution in [0.1, 0.15) is 16.3 Å². The summed E-state index contributed by atoms with van der Waals surface area (Å²) in [6.45, 7) is 4.41. The Balaban J connectivity index is 1.81. The lowest BCUT2D eigenvalue weighted by Gasteiger charge is -2.28. The maximum Gasteiger partial charge on any atom is 0.274 e. The number of nitrogens with one attached hydrogen (secondary N) is 1. The number of aromatic nitrogens is 2. The van der Waals surface area contributed by atoms with Crippen molar-refractivity contribution in [2.75, 3.05) is 36.5 Å². The first kappa shape index (κ1) is 16.6. The van der Waals surface area contributed by atoms with Gasteiger partial charge >= 0.3 is 0 Å². The Morgan fingerprint density at radius 2 is 2.04 bits per heavy atom. The first-order chi connectivity index (χ1) is 11.5. The number of halogens is 2. The molecule has 8 heteroatoms. The molecule has 0 saturated carbocycles. The second-order valence-electron chi connectivity index (χ2n) is 5.34. The Labute approximate surface area is 143 Å². The number of morpholine rings is 1. The van der Waals surface area contributed by atoms with Crippen molar-refractivity contribution in [3.63, 3.8) is 0 Å². The quantitative estimate of drug-likeness (QED) is 0.921. The zero-order valence-electron chi connectivity index (χ0n) is 13.1. The maximum atomic E-state index is 13.2. The monoisotopic (exact) mass is 350 g/mol. The molecule has 2 aromatic rings. The van der Waals surface area contributed by atoms with E-state index in [1.165, 1.54) is 18.2 Å². The summed E-state index contributed by atoms with van der Waals surface area (Å²) in [5.74, 6) is 0.245. The highest BCUT2D eigenvalue weighted by atomic mass is 35.5. The van der Waals surface area contributed by atoms with E-state index in [4.69, 9.17) is 16.3 Å². The van der Waals surface area contributed by atoms with Gasteiger partial charge in [0.1, 0.15) is 23.2 Å². The number of anilines is 2. The summed E-state index contributed by atoms with van der Waals surface area (Å²) in [5.41, 5.74) is 0.639. The van der Waals surface area contributed by atoms with Crippen LogP contribution in [0.25, 0.3) is 0 Å². The Kier molecular flexibility index (Phi) is 4.92. The Morgan fingerprint density at radius 3 is 2.75 bits per heavy atom. The Morgan fingerprint density at radius 1 is 1.29 bits per heavy atom. The predicted molar refractivity (Wildman–Crippen MR) is 89.2 cm³/mol. The lowest BCUT2D eigenvalue weighted by molar-refractivity contribution is 0.102. The van der Waals surface area contributed by atoms with Crippen molar-refractivity contribution in [3.8, 4) is 0 Å². The van der Waals surface area contributed by atoms with E-state index in [-0.39, 0.29) is 10.7 Å². The molecule has 24 heavy (non-hydrogen) atoms. The van der Waals surface area contributed by atoms with Crippen LogP contribution in [0.5, 0.6) is 0 Å². The first-order valence-corrected chi connectivity index (χ1v) is 7.85. The number of nitrogens with zero attached hydrogens (tertiary/aromatic N) is 3. The number of ether oxygens (including phenoxy) is 1. The van der Waals surface area contributed by atoms with Gasteiger partial charge < -0.3 is 15.0 Å². The van der Waals surface area contributed by atoms with Crippen molar-refractivity contribution in [1.29, 1.82) is 0 Å². The number of rotatable bonds is 3. The van der Waals surface area contributed by atoms with E-state index in [0.29, 0.717) is 43.6 Å². The molecule has 1 aromatic carbocycles. The Hall–Kier alpha value is -2.25. The van der Waals surface area contributed by atoms with E-state index in [9.17, 15) is 9.18 Å². The number of benzene rings is 1. The fraction of sp³-hybridized carbons (Fsp3) is 0.312. The van der Waals surface area contributed by atoms with Gasteiger partial charge in [0, 0.05) is 24.8 Å². The van der Waals surface area contributed by atoms with Gasteiger partial charge in [-0.2, -0.15) is 0 Å². The second-order valence-corrected chi connectivity index (χ2v) is 5.75. The summed E-state index contributed by atoms with van der Waals surface area (Å²) in [7, 11) is 0. The predicted octanol–water partition coefficient (Wildman–Crippen LogP) is 2.67. The molecule has 0 radical (unpaired) electrons. The average molecular weight is 351 g/mol. The van der Waals surface area contributed by atoms with Gasteiger partial charge in [-0.15, -0.1) is 0 Å². The number of carbonyl (C=O) groups is 1. The van der Waals surface area contributed by atoms with Crippen LogP contribution in [0.2, 0.25) is 5.02 Å². The third-order valence-corrected chi connectivity index (χ3v) is 3.86. The van der Waals surface area contributed by atoms with Crippen LogP contribution in [0, 0.1) is 12.7 Å². The molecule has 0 bridgehead atoms. The molecule has 1 aromatic heterocycles. The van der Waals surface area contributed by atoms with Crippen molar-refractivity contribution in [2.24, 2.45) is 0 Å². The lowest BCUT2D eigenvalue weighted by atomic mass is 10.2. The number of aryl methyl sites for hydroxylation is 1. The van der Waals surface area contributed by atoms with Gasteiger partial charge in [0.2, 0.25) is 0 Å². The van der Waals surface area contributed by atoms with Crippen molar-refractivity contribution in [1.82, 2.24) is 9.97 Å². The molecule has 1 fully saturated rings. The lowest BCUT2D eigenvalue weighted by Crippen LogP contribution is -2.37. The van der Waals surface area contributed by atoms with E-state index in [0.717, 1.165) is 0 Å². The largest absolute Gasteiger partial charge is 0.378 e. The third kappa shape index (κ3) is 3.80. The summed E-state index contributed by atoms with van der Waals surface area (Å²) in [4.78, 5) is 23.0. The molecular formula is C16H16ClFN4O2. The van der Waals surface area contributed by atoms with Crippen LogP contribution in [-0.4, -0.2) is 42.2 Å².